The van der Waals surface area contributed by atoms with Crippen LogP contribution in [0.15, 0.2) is 45.6 Å². The molecular formula is C29H26O16. The Morgan fingerprint density at radius 1 is 0.800 bits per heavy atom. The summed E-state index contributed by atoms with van der Waals surface area (Å²) in [6.45, 7) is 1.33. The number of aromatic hydroxyl groups is 7. The molecule has 5 rings (SSSR count). The highest BCUT2D eigenvalue weighted by atomic mass is 16.7. The number of phenols is 7. The molecular weight excluding hydrogens is 604 g/mol. The summed E-state index contributed by atoms with van der Waals surface area (Å²) in [6.07, 6.45) is -8.54. The van der Waals surface area contributed by atoms with Crippen molar-refractivity contribution in [1.82, 2.24) is 0 Å². The number of carbonyl (C=O) groups excluding carboxylic acids is 1. The fourth-order valence-corrected chi connectivity index (χ4v) is 4.66. The van der Waals surface area contributed by atoms with Crippen LogP contribution in [0.3, 0.4) is 0 Å². The van der Waals surface area contributed by atoms with Gasteiger partial charge in [-0.3, -0.25) is 4.79 Å². The fraction of sp³-hybridized carbons (Fsp3) is 0.241. The molecule has 0 bridgehead atoms. The molecule has 3 aromatic carbocycles. The summed E-state index contributed by atoms with van der Waals surface area (Å²) < 4.78 is 27.7. The maximum atomic E-state index is 13.8. The van der Waals surface area contributed by atoms with Gasteiger partial charge in [-0.05, 0) is 31.2 Å². The van der Waals surface area contributed by atoms with Gasteiger partial charge in [-0.2, -0.15) is 0 Å². The summed E-state index contributed by atoms with van der Waals surface area (Å²) in [7, 11) is 1.29. The molecule has 0 spiro atoms. The molecule has 1 aliphatic heterocycles. The molecule has 0 amide bonds. The molecule has 5 atom stereocenters. The molecule has 1 aromatic heterocycles. The van der Waals surface area contributed by atoms with E-state index in [1.165, 1.54) is 20.1 Å². The maximum Gasteiger partial charge on any atom is 0.339 e. The Bertz CT molecular complexity index is 1820. The van der Waals surface area contributed by atoms with E-state index in [9.17, 15) is 55.5 Å². The number of carbonyl (C=O) groups is 1. The van der Waals surface area contributed by atoms with Crippen LogP contribution >= 0.6 is 0 Å². The van der Waals surface area contributed by atoms with Gasteiger partial charge in [0.05, 0.1) is 18.8 Å². The molecule has 0 unspecified atom stereocenters. The molecule has 2 heterocycles. The van der Waals surface area contributed by atoms with Gasteiger partial charge in [0.1, 0.15) is 34.7 Å². The Morgan fingerprint density at radius 3 is 1.96 bits per heavy atom. The van der Waals surface area contributed by atoms with Crippen molar-refractivity contribution < 1.29 is 74.1 Å². The smallest absolute Gasteiger partial charge is 0.339 e. The Kier molecular flexibility index (Phi) is 7.88. The Balaban J connectivity index is 1.65. The molecule has 9 N–H and O–H groups in total. The van der Waals surface area contributed by atoms with Crippen LogP contribution in [-0.2, 0) is 9.47 Å². The SMILES string of the molecule is COc1cc(O)c2c(=O)c(O[C@@H]3O[C@@H](C)[C@H](O)[C@@H](O)[C@H]3OC(=O)c3cc(O)c(O)c(O)c3)c(-c3cc(O)c(O)c(O)c3)oc2c1. The van der Waals surface area contributed by atoms with Crippen molar-refractivity contribution in [2.24, 2.45) is 0 Å². The van der Waals surface area contributed by atoms with Gasteiger partial charge in [0.25, 0.3) is 0 Å². The highest BCUT2D eigenvalue weighted by Gasteiger charge is 2.47. The van der Waals surface area contributed by atoms with E-state index in [0.29, 0.717) is 0 Å². The number of esters is 1. The Hall–Kier alpha value is -5.58. The zero-order valence-corrected chi connectivity index (χ0v) is 23.2. The van der Waals surface area contributed by atoms with Crippen molar-refractivity contribution in [3.63, 3.8) is 0 Å². The number of benzene rings is 3. The highest BCUT2D eigenvalue weighted by Crippen LogP contribution is 2.43. The van der Waals surface area contributed by atoms with Gasteiger partial charge in [0.2, 0.25) is 17.5 Å². The number of fused-ring (bicyclic) bond motifs is 1. The number of hydrogen-bond donors (Lipinski definition) is 9. The first-order valence-electron chi connectivity index (χ1n) is 13.0. The topological polar surface area (TPSA) is 266 Å². The zero-order chi connectivity index (χ0) is 32.9. The minimum atomic E-state index is -1.91. The molecule has 16 heteroatoms. The number of rotatable bonds is 6. The number of aliphatic hydroxyl groups is 2. The Morgan fingerprint density at radius 2 is 1.38 bits per heavy atom. The van der Waals surface area contributed by atoms with Crippen LogP contribution in [0.5, 0.6) is 51.7 Å². The molecule has 1 aliphatic rings. The van der Waals surface area contributed by atoms with E-state index < -0.39 is 105 Å². The molecule has 45 heavy (non-hydrogen) atoms. The lowest BCUT2D eigenvalue weighted by molar-refractivity contribution is -0.267. The minimum absolute atomic E-state index is 0.0824. The standard InChI is InChI=1S/C29H26O16/c1-9-20(35)24(39)27(44-28(40)11-5-16(33)22(37)17(34)6-11)29(42-9)45-26-23(38)19-13(30)7-12(41-2)8-18(19)43-25(26)10-3-14(31)21(36)15(32)4-10/h3-9,20,24,27,29-37,39H,1-2H3/t9-,20-,24+,27+,29-/m0/s1. The first-order chi connectivity index (χ1) is 21.2. The lowest BCUT2D eigenvalue weighted by Gasteiger charge is -2.40. The minimum Gasteiger partial charge on any atom is -0.507 e. The van der Waals surface area contributed by atoms with Gasteiger partial charge >= 0.3 is 5.97 Å². The number of phenolic OH excluding ortho intramolecular Hbond substituents is 7. The molecule has 238 valence electrons. The second-order valence-corrected chi connectivity index (χ2v) is 10.0. The Labute approximate surface area is 251 Å². The summed E-state index contributed by atoms with van der Waals surface area (Å²) in [4.78, 5) is 26.8. The van der Waals surface area contributed by atoms with Gasteiger partial charge in [0, 0.05) is 17.7 Å². The third-order valence-electron chi connectivity index (χ3n) is 7.04. The fourth-order valence-electron chi connectivity index (χ4n) is 4.66. The van der Waals surface area contributed by atoms with Crippen molar-refractivity contribution in [2.45, 2.75) is 37.6 Å². The molecule has 4 aromatic rings. The zero-order valence-electron chi connectivity index (χ0n) is 23.2. The first-order valence-corrected chi connectivity index (χ1v) is 13.0. The van der Waals surface area contributed by atoms with Crippen LogP contribution in [0.4, 0.5) is 0 Å². The van der Waals surface area contributed by atoms with Crippen molar-refractivity contribution in [2.75, 3.05) is 7.11 Å². The summed E-state index contributed by atoms with van der Waals surface area (Å²) in [5.74, 6) is -8.26. The largest absolute Gasteiger partial charge is 0.507 e. The summed E-state index contributed by atoms with van der Waals surface area (Å²) in [6, 6.07) is 5.68. The number of ether oxygens (including phenoxy) is 4. The quantitative estimate of drug-likeness (QED) is 0.108. The molecule has 0 saturated carbocycles. The second-order valence-electron chi connectivity index (χ2n) is 10.0. The third-order valence-corrected chi connectivity index (χ3v) is 7.04. The van der Waals surface area contributed by atoms with Gasteiger partial charge in [-0.1, -0.05) is 0 Å². The van der Waals surface area contributed by atoms with E-state index in [0.717, 1.165) is 30.3 Å². The van der Waals surface area contributed by atoms with Gasteiger partial charge < -0.3 is 69.3 Å². The first kappa shape index (κ1) is 30.9. The predicted molar refractivity (Wildman–Crippen MR) is 149 cm³/mol. The van der Waals surface area contributed by atoms with Crippen LogP contribution in [-0.4, -0.2) is 89.7 Å². The lowest BCUT2D eigenvalue weighted by atomic mass is 9.99. The molecule has 16 nitrogen and oxygen atoms in total. The highest BCUT2D eigenvalue weighted by molar-refractivity contribution is 5.91. The van der Waals surface area contributed by atoms with Crippen LogP contribution in [0, 0.1) is 0 Å². The number of aliphatic hydroxyl groups excluding tert-OH is 2. The van der Waals surface area contributed by atoms with Crippen LogP contribution in [0.25, 0.3) is 22.3 Å². The van der Waals surface area contributed by atoms with Crippen LogP contribution in [0.1, 0.15) is 17.3 Å². The molecule has 0 radical (unpaired) electrons. The molecule has 1 saturated heterocycles. The molecule has 0 aliphatic carbocycles. The van der Waals surface area contributed by atoms with Crippen LogP contribution in [0.2, 0.25) is 0 Å². The maximum absolute atomic E-state index is 13.8. The van der Waals surface area contributed by atoms with Crippen molar-refractivity contribution in [1.29, 1.82) is 0 Å². The summed E-state index contributed by atoms with van der Waals surface area (Å²) >= 11 is 0. The van der Waals surface area contributed by atoms with Gasteiger partial charge in [0.15, 0.2) is 46.4 Å². The average Bonchev–Trinajstić information content (AvgIpc) is 2.99. The number of methoxy groups -OCH3 is 1. The predicted octanol–water partition coefficient (Wildman–Crippen LogP) is 1.48. The van der Waals surface area contributed by atoms with Crippen molar-refractivity contribution >= 4 is 16.9 Å². The van der Waals surface area contributed by atoms with Gasteiger partial charge in [-0.15, -0.1) is 0 Å². The lowest BCUT2D eigenvalue weighted by Crippen LogP contribution is -2.60. The normalized spacial score (nSPS) is 21.4. The van der Waals surface area contributed by atoms with E-state index in [2.05, 4.69) is 0 Å². The van der Waals surface area contributed by atoms with Crippen molar-refractivity contribution in [3.8, 4) is 63.1 Å². The van der Waals surface area contributed by atoms with E-state index in [-0.39, 0.29) is 16.9 Å². The van der Waals surface area contributed by atoms with Gasteiger partial charge in [-0.25, -0.2) is 4.79 Å². The summed E-state index contributed by atoms with van der Waals surface area (Å²) in [5, 5.41) is 90.8. The summed E-state index contributed by atoms with van der Waals surface area (Å²) in [5.41, 5.74) is -2.02. The monoisotopic (exact) mass is 630 g/mol. The average molecular weight is 631 g/mol. The molecule has 1 fully saturated rings. The number of hydrogen-bond acceptors (Lipinski definition) is 16. The van der Waals surface area contributed by atoms with E-state index >= 15 is 0 Å². The third kappa shape index (κ3) is 5.48. The van der Waals surface area contributed by atoms with E-state index in [4.69, 9.17) is 23.4 Å². The van der Waals surface area contributed by atoms with Crippen molar-refractivity contribution in [3.05, 3.63) is 52.2 Å². The van der Waals surface area contributed by atoms with E-state index in [1.54, 1.807) is 0 Å². The second kappa shape index (κ2) is 11.5. The van der Waals surface area contributed by atoms with Crippen LogP contribution < -0.4 is 14.9 Å². The van der Waals surface area contributed by atoms with E-state index in [1.807, 2.05) is 0 Å².